The van der Waals surface area contributed by atoms with Gasteiger partial charge in [0.1, 0.15) is 11.6 Å². The molecule has 0 atom stereocenters. The summed E-state index contributed by atoms with van der Waals surface area (Å²) < 4.78 is 18.3. The summed E-state index contributed by atoms with van der Waals surface area (Å²) in [5.74, 6) is 0.546. The maximum Gasteiger partial charge on any atom is 0.241 e. The smallest absolute Gasteiger partial charge is 0.241 e. The number of carbonyl (C=O) groups is 1. The molecule has 0 radical (unpaired) electrons. The van der Waals surface area contributed by atoms with Crippen molar-refractivity contribution in [2.45, 2.75) is 0 Å². The van der Waals surface area contributed by atoms with E-state index in [9.17, 15) is 9.18 Å². The average Bonchev–Trinajstić information content (AvgIpc) is 2.66. The third kappa shape index (κ3) is 4.41. The van der Waals surface area contributed by atoms with Crippen molar-refractivity contribution in [2.75, 3.05) is 50.1 Å². The van der Waals surface area contributed by atoms with Crippen molar-refractivity contribution >= 4 is 17.3 Å². The summed E-state index contributed by atoms with van der Waals surface area (Å²) in [7, 11) is 1.65. The van der Waals surface area contributed by atoms with E-state index in [4.69, 9.17) is 4.74 Å². The van der Waals surface area contributed by atoms with E-state index in [-0.39, 0.29) is 18.3 Å². The topological polar surface area (TPSA) is 44.8 Å². The van der Waals surface area contributed by atoms with Crippen LogP contribution in [0.1, 0.15) is 0 Å². The highest BCUT2D eigenvalue weighted by Crippen LogP contribution is 2.20. The van der Waals surface area contributed by atoms with Crippen LogP contribution < -0.4 is 15.0 Å². The fourth-order valence-corrected chi connectivity index (χ4v) is 2.90. The molecule has 1 fully saturated rings. The Kier molecular flexibility index (Phi) is 5.38. The molecule has 0 saturated carbocycles. The van der Waals surface area contributed by atoms with Gasteiger partial charge in [-0.15, -0.1) is 0 Å². The molecular weight excluding hydrogens is 321 g/mol. The van der Waals surface area contributed by atoms with Crippen molar-refractivity contribution < 1.29 is 13.9 Å². The lowest BCUT2D eigenvalue weighted by Crippen LogP contribution is -2.50. The van der Waals surface area contributed by atoms with Crippen LogP contribution in [-0.4, -0.2) is 50.6 Å². The van der Waals surface area contributed by atoms with Crippen LogP contribution in [0.3, 0.4) is 0 Å². The normalized spacial score (nSPS) is 14.3. The molecule has 1 amide bonds. The number of rotatable bonds is 5. The van der Waals surface area contributed by atoms with Crippen molar-refractivity contribution in [3.63, 3.8) is 0 Å². The molecule has 132 valence electrons. The van der Waals surface area contributed by atoms with E-state index in [2.05, 4.69) is 10.2 Å². The van der Waals surface area contributed by atoms with Crippen LogP contribution in [0.4, 0.5) is 15.8 Å². The number of anilines is 2. The highest BCUT2D eigenvalue weighted by molar-refractivity contribution is 5.81. The maximum atomic E-state index is 13.1. The van der Waals surface area contributed by atoms with E-state index >= 15 is 0 Å². The Hall–Kier alpha value is -2.76. The van der Waals surface area contributed by atoms with Gasteiger partial charge in [0, 0.05) is 37.6 Å². The molecule has 3 rings (SSSR count). The van der Waals surface area contributed by atoms with Gasteiger partial charge in [0.25, 0.3) is 0 Å². The average molecular weight is 343 g/mol. The molecule has 1 aliphatic heterocycles. The summed E-state index contributed by atoms with van der Waals surface area (Å²) in [5, 5.41) is 2.98. The molecule has 0 aromatic heterocycles. The largest absolute Gasteiger partial charge is 0.497 e. The second-order valence-electron chi connectivity index (χ2n) is 5.93. The fourth-order valence-electron chi connectivity index (χ4n) is 2.90. The van der Waals surface area contributed by atoms with E-state index in [1.807, 2.05) is 29.2 Å². The second-order valence-corrected chi connectivity index (χ2v) is 5.93. The zero-order valence-corrected chi connectivity index (χ0v) is 14.2. The number of benzene rings is 2. The molecule has 25 heavy (non-hydrogen) atoms. The van der Waals surface area contributed by atoms with Crippen LogP contribution in [0.2, 0.25) is 0 Å². The van der Waals surface area contributed by atoms with E-state index in [0.717, 1.165) is 24.5 Å². The van der Waals surface area contributed by atoms with Gasteiger partial charge < -0.3 is 19.9 Å². The van der Waals surface area contributed by atoms with E-state index in [1.165, 1.54) is 12.1 Å². The minimum absolute atomic E-state index is 0.0265. The van der Waals surface area contributed by atoms with Crippen LogP contribution >= 0.6 is 0 Å². The fraction of sp³-hybridized carbons (Fsp3) is 0.316. The third-order valence-electron chi connectivity index (χ3n) is 4.34. The lowest BCUT2D eigenvalue weighted by Gasteiger charge is -2.36. The molecule has 1 aliphatic rings. The Morgan fingerprint density at radius 1 is 1.12 bits per heavy atom. The number of hydrogen-bond acceptors (Lipinski definition) is 4. The summed E-state index contributed by atoms with van der Waals surface area (Å²) in [5.41, 5.74) is 1.75. The number of carbonyl (C=O) groups excluding carboxylic acids is 1. The highest BCUT2D eigenvalue weighted by atomic mass is 19.1. The number of amides is 1. The van der Waals surface area contributed by atoms with Crippen molar-refractivity contribution in [1.29, 1.82) is 0 Å². The van der Waals surface area contributed by atoms with Crippen LogP contribution in [0, 0.1) is 5.82 Å². The van der Waals surface area contributed by atoms with Crippen molar-refractivity contribution in [3.05, 3.63) is 54.3 Å². The van der Waals surface area contributed by atoms with Crippen LogP contribution in [0.25, 0.3) is 0 Å². The van der Waals surface area contributed by atoms with Gasteiger partial charge >= 0.3 is 0 Å². The van der Waals surface area contributed by atoms with Gasteiger partial charge in [-0.25, -0.2) is 4.39 Å². The number of methoxy groups -OCH3 is 1. The van der Waals surface area contributed by atoms with Gasteiger partial charge in [-0.2, -0.15) is 0 Å². The van der Waals surface area contributed by atoms with Gasteiger partial charge in [-0.3, -0.25) is 4.79 Å². The van der Waals surface area contributed by atoms with Crippen molar-refractivity contribution in [2.24, 2.45) is 0 Å². The Balaban J connectivity index is 1.48. The molecule has 0 aliphatic carbocycles. The Morgan fingerprint density at radius 2 is 1.84 bits per heavy atom. The quantitative estimate of drug-likeness (QED) is 0.906. The van der Waals surface area contributed by atoms with Crippen molar-refractivity contribution in [3.8, 4) is 5.75 Å². The number of nitrogens with zero attached hydrogens (tertiary/aromatic N) is 2. The zero-order chi connectivity index (χ0) is 17.6. The summed E-state index contributed by atoms with van der Waals surface area (Å²) in [6, 6.07) is 14.1. The number of nitrogens with one attached hydrogen (secondary N) is 1. The third-order valence-corrected chi connectivity index (χ3v) is 4.34. The molecular formula is C19H22FN3O2. The van der Waals surface area contributed by atoms with E-state index in [0.29, 0.717) is 18.8 Å². The number of ether oxygens (including phenoxy) is 1. The first-order valence-electron chi connectivity index (χ1n) is 8.32. The predicted octanol–water partition coefficient (Wildman–Crippen LogP) is 2.60. The summed E-state index contributed by atoms with van der Waals surface area (Å²) in [4.78, 5) is 16.4. The maximum absolute atomic E-state index is 13.1. The molecule has 0 spiro atoms. The Bertz CT molecular complexity index is 713. The van der Waals surface area contributed by atoms with E-state index in [1.54, 1.807) is 19.2 Å². The molecule has 1 saturated heterocycles. The first-order chi connectivity index (χ1) is 12.2. The minimum atomic E-state index is -0.314. The van der Waals surface area contributed by atoms with Gasteiger partial charge in [0.2, 0.25) is 5.91 Å². The number of halogens is 1. The number of piperazine rings is 1. The van der Waals surface area contributed by atoms with Crippen LogP contribution in [0.5, 0.6) is 5.75 Å². The lowest BCUT2D eigenvalue weighted by atomic mass is 10.2. The van der Waals surface area contributed by atoms with Gasteiger partial charge in [0.15, 0.2) is 0 Å². The molecule has 2 aromatic rings. The summed E-state index contributed by atoms with van der Waals surface area (Å²) in [6.45, 7) is 3.10. The summed E-state index contributed by atoms with van der Waals surface area (Å²) >= 11 is 0. The Morgan fingerprint density at radius 3 is 2.48 bits per heavy atom. The molecule has 2 aromatic carbocycles. The summed E-state index contributed by atoms with van der Waals surface area (Å²) in [6.07, 6.45) is 0. The second kappa shape index (κ2) is 7.88. The molecule has 1 N–H and O–H groups in total. The Labute approximate surface area is 147 Å². The van der Waals surface area contributed by atoms with Gasteiger partial charge in [0.05, 0.1) is 13.7 Å². The van der Waals surface area contributed by atoms with Gasteiger partial charge in [-0.05, 0) is 42.5 Å². The molecule has 1 heterocycles. The standard InChI is InChI=1S/C19H22FN3O2/c1-25-18-7-5-17(6-8-18)22-9-11-23(12-10-22)19(24)14-21-16-4-2-3-15(20)13-16/h2-8,13,21H,9-12,14H2,1H3. The predicted molar refractivity (Wildman–Crippen MR) is 96.7 cm³/mol. The molecule has 6 heteroatoms. The highest BCUT2D eigenvalue weighted by Gasteiger charge is 2.21. The van der Waals surface area contributed by atoms with Gasteiger partial charge in [-0.1, -0.05) is 6.07 Å². The van der Waals surface area contributed by atoms with E-state index < -0.39 is 0 Å². The molecule has 0 bridgehead atoms. The van der Waals surface area contributed by atoms with Crippen molar-refractivity contribution in [1.82, 2.24) is 4.90 Å². The SMILES string of the molecule is COc1ccc(N2CCN(C(=O)CNc3cccc(F)c3)CC2)cc1. The first-order valence-corrected chi connectivity index (χ1v) is 8.32. The number of hydrogen-bond donors (Lipinski definition) is 1. The van der Waals surface area contributed by atoms with Crippen LogP contribution in [0.15, 0.2) is 48.5 Å². The first kappa shape index (κ1) is 17.1. The zero-order valence-electron chi connectivity index (χ0n) is 14.2. The molecule has 5 nitrogen and oxygen atoms in total. The monoisotopic (exact) mass is 343 g/mol. The van der Waals surface area contributed by atoms with Crippen LogP contribution in [-0.2, 0) is 4.79 Å². The molecule has 0 unspecified atom stereocenters. The lowest BCUT2D eigenvalue weighted by molar-refractivity contribution is -0.129. The minimum Gasteiger partial charge on any atom is -0.497 e.